The number of carboxylic acids is 1. The molecule has 1 aromatic rings. The predicted molar refractivity (Wildman–Crippen MR) is 65.6 cm³/mol. The molecule has 2 heterocycles. The summed E-state index contributed by atoms with van der Waals surface area (Å²) in [6.45, 7) is 5.04. The first-order valence-corrected chi connectivity index (χ1v) is 5.89. The highest BCUT2D eigenvalue weighted by Gasteiger charge is 2.24. The molecule has 0 saturated carbocycles. The van der Waals surface area contributed by atoms with Crippen LogP contribution in [0.2, 0.25) is 0 Å². The summed E-state index contributed by atoms with van der Waals surface area (Å²) < 4.78 is 1.61. The Morgan fingerprint density at radius 3 is 2.95 bits per heavy atom. The molecule has 0 aliphatic carbocycles. The van der Waals surface area contributed by atoms with Crippen molar-refractivity contribution in [3.05, 3.63) is 24.5 Å². The van der Waals surface area contributed by atoms with Crippen LogP contribution >= 0.6 is 0 Å². The van der Waals surface area contributed by atoms with Crippen LogP contribution in [0.25, 0.3) is 0 Å². The number of hydrogen-bond acceptors (Lipinski definition) is 5. The first kappa shape index (κ1) is 13.2. The Kier molecular flexibility index (Phi) is 3.91. The third-order valence-electron chi connectivity index (χ3n) is 2.88. The summed E-state index contributed by atoms with van der Waals surface area (Å²) in [5, 5.41) is 22.0. The maximum Gasteiger partial charge on any atom is 0.326 e. The van der Waals surface area contributed by atoms with Crippen LogP contribution in [0.15, 0.2) is 18.9 Å². The molecular formula is C11H15N5O3. The summed E-state index contributed by atoms with van der Waals surface area (Å²) in [4.78, 5) is 22.7. The van der Waals surface area contributed by atoms with Gasteiger partial charge in [0.05, 0.1) is 12.2 Å². The third kappa shape index (κ3) is 2.97. The van der Waals surface area contributed by atoms with E-state index in [-0.39, 0.29) is 18.2 Å². The van der Waals surface area contributed by atoms with Crippen molar-refractivity contribution in [2.45, 2.75) is 18.5 Å². The predicted octanol–water partition coefficient (Wildman–Crippen LogP) is -0.818. The van der Waals surface area contributed by atoms with E-state index in [4.69, 9.17) is 5.11 Å². The summed E-state index contributed by atoms with van der Waals surface area (Å²) in [5.41, 5.74) is 0.113. The molecule has 0 spiro atoms. The standard InChI is InChI=1S/C11H15N5O3/c1-2-3-8(11(18)19)13-10(17)9-6-16(15-14-9)7-4-12-5-7/h2,6-8,12H,1,3-5H2,(H,13,17)(H,18,19). The molecular weight excluding hydrogens is 250 g/mol. The number of nitrogens with zero attached hydrogens (tertiary/aromatic N) is 3. The second-order valence-electron chi connectivity index (χ2n) is 4.28. The van der Waals surface area contributed by atoms with E-state index in [0.29, 0.717) is 0 Å². The number of aromatic nitrogens is 3. The van der Waals surface area contributed by atoms with Crippen molar-refractivity contribution in [2.24, 2.45) is 0 Å². The zero-order chi connectivity index (χ0) is 13.8. The molecule has 1 aliphatic heterocycles. The zero-order valence-electron chi connectivity index (χ0n) is 10.2. The minimum Gasteiger partial charge on any atom is -0.480 e. The number of carboxylic acid groups (broad SMARTS) is 1. The second kappa shape index (κ2) is 5.61. The molecule has 0 bridgehead atoms. The Labute approximate surface area is 109 Å². The lowest BCUT2D eigenvalue weighted by molar-refractivity contribution is -0.139. The van der Waals surface area contributed by atoms with Crippen LogP contribution in [0.5, 0.6) is 0 Å². The Morgan fingerprint density at radius 2 is 2.42 bits per heavy atom. The molecule has 102 valence electrons. The number of carbonyl (C=O) groups is 2. The molecule has 1 atom stereocenters. The van der Waals surface area contributed by atoms with Gasteiger partial charge in [-0.1, -0.05) is 11.3 Å². The van der Waals surface area contributed by atoms with Crippen LogP contribution in [0.1, 0.15) is 23.0 Å². The second-order valence-corrected chi connectivity index (χ2v) is 4.28. The summed E-state index contributed by atoms with van der Waals surface area (Å²) in [5.74, 6) is -1.66. The largest absolute Gasteiger partial charge is 0.480 e. The van der Waals surface area contributed by atoms with E-state index in [1.54, 1.807) is 4.68 Å². The number of aliphatic carboxylic acids is 1. The molecule has 1 amide bonds. The van der Waals surface area contributed by atoms with E-state index < -0.39 is 17.9 Å². The lowest BCUT2D eigenvalue weighted by Crippen LogP contribution is -2.43. The fraction of sp³-hybridized carbons (Fsp3) is 0.455. The van der Waals surface area contributed by atoms with Crippen molar-refractivity contribution in [1.82, 2.24) is 25.6 Å². The highest BCUT2D eigenvalue weighted by atomic mass is 16.4. The lowest BCUT2D eigenvalue weighted by atomic mass is 10.2. The van der Waals surface area contributed by atoms with Crippen molar-refractivity contribution >= 4 is 11.9 Å². The van der Waals surface area contributed by atoms with Gasteiger partial charge in [-0.15, -0.1) is 11.7 Å². The van der Waals surface area contributed by atoms with Crippen LogP contribution in [-0.4, -0.2) is 51.1 Å². The summed E-state index contributed by atoms with van der Waals surface area (Å²) in [6.07, 6.45) is 3.12. The number of carbonyl (C=O) groups excluding carboxylic acids is 1. The van der Waals surface area contributed by atoms with E-state index in [2.05, 4.69) is 27.5 Å². The van der Waals surface area contributed by atoms with Crippen LogP contribution in [0.3, 0.4) is 0 Å². The molecule has 1 fully saturated rings. The van der Waals surface area contributed by atoms with E-state index in [0.717, 1.165) is 13.1 Å². The normalized spacial score (nSPS) is 16.4. The molecule has 3 N–H and O–H groups in total. The van der Waals surface area contributed by atoms with Gasteiger partial charge in [0, 0.05) is 13.1 Å². The van der Waals surface area contributed by atoms with Crippen molar-refractivity contribution in [1.29, 1.82) is 0 Å². The van der Waals surface area contributed by atoms with Gasteiger partial charge in [-0.3, -0.25) is 4.79 Å². The zero-order valence-corrected chi connectivity index (χ0v) is 10.2. The van der Waals surface area contributed by atoms with E-state index in [1.165, 1.54) is 12.3 Å². The molecule has 1 aliphatic rings. The van der Waals surface area contributed by atoms with Gasteiger partial charge in [-0.05, 0) is 6.42 Å². The van der Waals surface area contributed by atoms with Crippen molar-refractivity contribution in [3.8, 4) is 0 Å². The topological polar surface area (TPSA) is 109 Å². The smallest absolute Gasteiger partial charge is 0.326 e. The minimum atomic E-state index is -1.11. The average molecular weight is 265 g/mol. The van der Waals surface area contributed by atoms with E-state index >= 15 is 0 Å². The van der Waals surface area contributed by atoms with Gasteiger partial charge in [0.25, 0.3) is 5.91 Å². The van der Waals surface area contributed by atoms with Gasteiger partial charge < -0.3 is 15.7 Å². The van der Waals surface area contributed by atoms with E-state index in [1.807, 2.05) is 0 Å². The fourth-order valence-electron chi connectivity index (χ4n) is 1.64. The number of hydrogen-bond donors (Lipinski definition) is 3. The van der Waals surface area contributed by atoms with Crippen LogP contribution in [0.4, 0.5) is 0 Å². The Morgan fingerprint density at radius 1 is 1.68 bits per heavy atom. The Balaban J connectivity index is 2.00. The summed E-state index contributed by atoms with van der Waals surface area (Å²) in [6, 6.07) is -0.794. The average Bonchev–Trinajstić information content (AvgIpc) is 2.75. The number of amides is 1. The van der Waals surface area contributed by atoms with Crippen LogP contribution in [0, 0.1) is 0 Å². The highest BCUT2D eigenvalue weighted by molar-refractivity contribution is 5.94. The number of rotatable bonds is 6. The summed E-state index contributed by atoms with van der Waals surface area (Å²) in [7, 11) is 0. The minimum absolute atomic E-state index is 0.113. The van der Waals surface area contributed by atoms with Crippen LogP contribution < -0.4 is 10.6 Å². The molecule has 0 radical (unpaired) electrons. The monoisotopic (exact) mass is 265 g/mol. The van der Waals surface area contributed by atoms with Gasteiger partial charge in [0.1, 0.15) is 6.04 Å². The Bertz CT molecular complexity index is 494. The summed E-state index contributed by atoms with van der Waals surface area (Å²) >= 11 is 0. The highest BCUT2D eigenvalue weighted by Crippen LogP contribution is 2.09. The van der Waals surface area contributed by atoms with Gasteiger partial charge in [0.2, 0.25) is 0 Å². The molecule has 0 aromatic carbocycles. The molecule has 8 heteroatoms. The Hall–Kier alpha value is -2.22. The molecule has 8 nitrogen and oxygen atoms in total. The molecule has 1 unspecified atom stereocenters. The molecule has 1 saturated heterocycles. The quantitative estimate of drug-likeness (QED) is 0.580. The van der Waals surface area contributed by atoms with Crippen molar-refractivity contribution in [3.63, 3.8) is 0 Å². The lowest BCUT2D eigenvalue weighted by Gasteiger charge is -2.26. The number of nitrogens with one attached hydrogen (secondary N) is 2. The van der Waals surface area contributed by atoms with Gasteiger partial charge in [-0.25, -0.2) is 9.48 Å². The first-order valence-electron chi connectivity index (χ1n) is 5.89. The SMILES string of the molecule is C=CCC(NC(=O)c1cn(C2CNC2)nn1)C(=O)O. The first-order chi connectivity index (χ1) is 9.11. The van der Waals surface area contributed by atoms with Crippen molar-refractivity contribution in [2.75, 3.05) is 13.1 Å². The van der Waals surface area contributed by atoms with E-state index in [9.17, 15) is 9.59 Å². The van der Waals surface area contributed by atoms with Gasteiger partial charge >= 0.3 is 5.97 Å². The molecule has 1 aromatic heterocycles. The maximum atomic E-state index is 11.8. The van der Waals surface area contributed by atoms with Crippen LogP contribution in [-0.2, 0) is 4.79 Å². The maximum absolute atomic E-state index is 11.8. The van der Waals surface area contributed by atoms with Gasteiger partial charge in [-0.2, -0.15) is 0 Å². The third-order valence-corrected chi connectivity index (χ3v) is 2.88. The van der Waals surface area contributed by atoms with Gasteiger partial charge in [0.15, 0.2) is 5.69 Å². The van der Waals surface area contributed by atoms with Crippen molar-refractivity contribution < 1.29 is 14.7 Å². The fourth-order valence-corrected chi connectivity index (χ4v) is 1.64. The molecule has 19 heavy (non-hydrogen) atoms. The molecule has 2 rings (SSSR count).